The fourth-order valence-corrected chi connectivity index (χ4v) is 1.07. The molecule has 0 saturated carbocycles. The average Bonchev–Trinajstić information content (AvgIpc) is 2.03. The van der Waals surface area contributed by atoms with Crippen LogP contribution >= 0.6 is 0 Å². The molecule has 0 aliphatic rings. The summed E-state index contributed by atoms with van der Waals surface area (Å²) in [5.74, 6) is -0.304. The van der Waals surface area contributed by atoms with Gasteiger partial charge in [0.1, 0.15) is 5.54 Å². The zero-order valence-corrected chi connectivity index (χ0v) is 7.52. The Morgan fingerprint density at radius 2 is 2.09 bits per heavy atom. The van der Waals surface area contributed by atoms with E-state index in [1.54, 1.807) is 0 Å². The molecule has 0 saturated heterocycles. The predicted molar refractivity (Wildman–Crippen MR) is 44.1 cm³/mol. The van der Waals surface area contributed by atoms with Crippen molar-refractivity contribution in [1.82, 2.24) is 0 Å². The van der Waals surface area contributed by atoms with Gasteiger partial charge in [-0.15, -0.1) is 0 Å². The van der Waals surface area contributed by atoms with Gasteiger partial charge in [-0.1, -0.05) is 20.3 Å². The van der Waals surface area contributed by atoms with Crippen molar-refractivity contribution in [3.8, 4) is 0 Å². The monoisotopic (exact) mass is 159 g/mol. The Balaban J connectivity index is 4.19. The van der Waals surface area contributed by atoms with E-state index in [0.29, 0.717) is 12.8 Å². The minimum absolute atomic E-state index is 0.304. The van der Waals surface area contributed by atoms with Gasteiger partial charge < -0.3 is 10.5 Å². The molecular formula is C8H17NO2. The maximum atomic E-state index is 11.1. The van der Waals surface area contributed by atoms with Crippen molar-refractivity contribution >= 4 is 5.97 Å². The molecule has 0 aromatic rings. The summed E-state index contributed by atoms with van der Waals surface area (Å²) in [6, 6.07) is 0. The van der Waals surface area contributed by atoms with Gasteiger partial charge in [0.2, 0.25) is 0 Å². The van der Waals surface area contributed by atoms with Crippen LogP contribution in [-0.2, 0) is 9.53 Å². The van der Waals surface area contributed by atoms with E-state index in [9.17, 15) is 4.79 Å². The highest BCUT2D eigenvalue weighted by atomic mass is 16.5. The molecule has 0 aromatic carbocycles. The molecule has 2 N–H and O–H groups in total. The summed E-state index contributed by atoms with van der Waals surface area (Å²) >= 11 is 0. The number of nitrogens with two attached hydrogens (primary N) is 1. The Labute approximate surface area is 67.9 Å². The van der Waals surface area contributed by atoms with Crippen LogP contribution in [0, 0.1) is 0 Å². The van der Waals surface area contributed by atoms with E-state index in [2.05, 4.69) is 4.74 Å². The summed E-state index contributed by atoms with van der Waals surface area (Å²) in [6.07, 6.45) is 2.23. The van der Waals surface area contributed by atoms with Crippen LogP contribution in [0.2, 0.25) is 0 Å². The third-order valence-electron chi connectivity index (χ3n) is 1.92. The normalized spacial score (nSPS) is 15.6. The minimum atomic E-state index is -0.760. The first-order valence-electron chi connectivity index (χ1n) is 3.98. The number of ether oxygens (including phenoxy) is 1. The maximum Gasteiger partial charge on any atom is 0.325 e. The van der Waals surface area contributed by atoms with Gasteiger partial charge >= 0.3 is 5.97 Å². The molecule has 3 nitrogen and oxygen atoms in total. The number of hydrogen-bond donors (Lipinski definition) is 1. The summed E-state index contributed by atoms with van der Waals surface area (Å²) in [5, 5.41) is 0. The molecule has 1 unspecified atom stereocenters. The van der Waals surface area contributed by atoms with E-state index in [1.165, 1.54) is 7.11 Å². The molecule has 1 atom stereocenters. The molecule has 0 aliphatic heterocycles. The van der Waals surface area contributed by atoms with Crippen LogP contribution in [0.3, 0.4) is 0 Å². The highest BCUT2D eigenvalue weighted by molar-refractivity contribution is 5.80. The fraction of sp³-hybridized carbons (Fsp3) is 0.875. The van der Waals surface area contributed by atoms with Crippen LogP contribution in [-0.4, -0.2) is 18.6 Å². The summed E-state index contributed by atoms with van der Waals surface area (Å²) in [6.45, 7) is 3.90. The summed E-state index contributed by atoms with van der Waals surface area (Å²) < 4.78 is 4.59. The molecular weight excluding hydrogens is 142 g/mol. The molecule has 0 bridgehead atoms. The minimum Gasteiger partial charge on any atom is -0.468 e. The number of carbonyl (C=O) groups excluding carboxylic acids is 1. The second-order valence-electron chi connectivity index (χ2n) is 2.75. The van der Waals surface area contributed by atoms with Crippen molar-refractivity contribution in [2.75, 3.05) is 7.11 Å². The van der Waals surface area contributed by atoms with E-state index in [4.69, 9.17) is 5.73 Å². The Kier molecular flexibility index (Phi) is 4.11. The lowest BCUT2D eigenvalue weighted by Gasteiger charge is -2.23. The van der Waals surface area contributed by atoms with Crippen LogP contribution in [0.1, 0.15) is 33.1 Å². The number of carbonyl (C=O) groups is 1. The topological polar surface area (TPSA) is 52.3 Å². The molecule has 0 heterocycles. The molecule has 0 amide bonds. The number of rotatable bonds is 4. The largest absolute Gasteiger partial charge is 0.468 e. The smallest absolute Gasteiger partial charge is 0.325 e. The number of methoxy groups -OCH3 is 1. The first-order chi connectivity index (χ1) is 5.10. The Morgan fingerprint density at radius 1 is 1.55 bits per heavy atom. The van der Waals surface area contributed by atoms with E-state index < -0.39 is 5.54 Å². The third-order valence-corrected chi connectivity index (χ3v) is 1.92. The second kappa shape index (κ2) is 4.34. The lowest BCUT2D eigenvalue weighted by Crippen LogP contribution is -2.47. The first kappa shape index (κ1) is 10.4. The average molecular weight is 159 g/mol. The van der Waals surface area contributed by atoms with E-state index in [1.807, 2.05) is 13.8 Å². The Morgan fingerprint density at radius 3 is 2.36 bits per heavy atom. The SMILES string of the molecule is CCCC(N)(CC)C(=O)OC. The standard InChI is InChI=1S/C8H17NO2/c1-4-6-8(9,5-2)7(10)11-3/h4-6,9H2,1-3H3. The molecule has 0 aromatic heterocycles. The number of esters is 1. The first-order valence-corrected chi connectivity index (χ1v) is 3.98. The van der Waals surface area contributed by atoms with E-state index in [0.717, 1.165) is 6.42 Å². The summed E-state index contributed by atoms with van der Waals surface area (Å²) in [7, 11) is 1.37. The van der Waals surface area contributed by atoms with Crippen molar-refractivity contribution in [3.05, 3.63) is 0 Å². The van der Waals surface area contributed by atoms with Gasteiger partial charge in [0, 0.05) is 0 Å². The van der Waals surface area contributed by atoms with Gasteiger partial charge in [-0.25, -0.2) is 0 Å². The maximum absolute atomic E-state index is 11.1. The molecule has 0 rings (SSSR count). The summed E-state index contributed by atoms with van der Waals surface area (Å²) in [5.41, 5.74) is 5.03. The van der Waals surface area contributed by atoms with Crippen LogP contribution in [0.25, 0.3) is 0 Å². The Bertz CT molecular complexity index is 136. The predicted octanol–water partition coefficient (Wildman–Crippen LogP) is 1.07. The highest BCUT2D eigenvalue weighted by Gasteiger charge is 2.31. The summed E-state index contributed by atoms with van der Waals surface area (Å²) in [4.78, 5) is 11.1. The molecule has 0 radical (unpaired) electrons. The van der Waals surface area contributed by atoms with Crippen LogP contribution < -0.4 is 5.73 Å². The molecule has 3 heteroatoms. The molecule has 0 aliphatic carbocycles. The van der Waals surface area contributed by atoms with Gasteiger partial charge in [0.25, 0.3) is 0 Å². The van der Waals surface area contributed by atoms with Gasteiger partial charge in [-0.05, 0) is 12.8 Å². The lowest BCUT2D eigenvalue weighted by atomic mass is 9.92. The van der Waals surface area contributed by atoms with E-state index in [-0.39, 0.29) is 5.97 Å². The zero-order valence-electron chi connectivity index (χ0n) is 7.52. The van der Waals surface area contributed by atoms with Crippen molar-refractivity contribution in [2.24, 2.45) is 5.73 Å². The van der Waals surface area contributed by atoms with Gasteiger partial charge in [0.05, 0.1) is 7.11 Å². The second-order valence-corrected chi connectivity index (χ2v) is 2.75. The van der Waals surface area contributed by atoms with Crippen molar-refractivity contribution in [3.63, 3.8) is 0 Å². The lowest BCUT2D eigenvalue weighted by molar-refractivity contribution is -0.147. The van der Waals surface area contributed by atoms with Crippen molar-refractivity contribution < 1.29 is 9.53 Å². The third kappa shape index (κ3) is 2.50. The highest BCUT2D eigenvalue weighted by Crippen LogP contribution is 2.15. The molecule has 11 heavy (non-hydrogen) atoms. The van der Waals surface area contributed by atoms with Gasteiger partial charge in [-0.2, -0.15) is 0 Å². The molecule has 0 fully saturated rings. The van der Waals surface area contributed by atoms with Crippen LogP contribution in [0.5, 0.6) is 0 Å². The quantitative estimate of drug-likeness (QED) is 0.624. The zero-order chi connectivity index (χ0) is 8.91. The number of hydrogen-bond acceptors (Lipinski definition) is 3. The molecule has 0 spiro atoms. The van der Waals surface area contributed by atoms with Crippen LogP contribution in [0.15, 0.2) is 0 Å². The Hall–Kier alpha value is -0.570. The molecule has 66 valence electrons. The fourth-order valence-electron chi connectivity index (χ4n) is 1.07. The van der Waals surface area contributed by atoms with Crippen molar-refractivity contribution in [1.29, 1.82) is 0 Å². The van der Waals surface area contributed by atoms with Crippen molar-refractivity contribution in [2.45, 2.75) is 38.6 Å². The van der Waals surface area contributed by atoms with Crippen LogP contribution in [0.4, 0.5) is 0 Å². The van der Waals surface area contributed by atoms with Gasteiger partial charge in [-0.3, -0.25) is 4.79 Å². The van der Waals surface area contributed by atoms with E-state index >= 15 is 0 Å². The van der Waals surface area contributed by atoms with Gasteiger partial charge in [0.15, 0.2) is 0 Å².